The molecular formula is C12H19NO3. The Morgan fingerprint density at radius 3 is 2.56 bits per heavy atom. The Morgan fingerprint density at radius 2 is 2.00 bits per heavy atom. The number of aliphatic hydroxyl groups is 1. The predicted octanol–water partition coefficient (Wildman–Crippen LogP) is 0.574. The Bertz CT molecular complexity index is 287. The van der Waals surface area contributed by atoms with Crippen LogP contribution < -0.4 is 10.5 Å². The Balaban J connectivity index is 2.38. The molecule has 1 aromatic rings. The molecule has 4 nitrogen and oxygen atoms in total. The highest BCUT2D eigenvalue weighted by Gasteiger charge is 2.02. The van der Waals surface area contributed by atoms with E-state index in [1.54, 1.807) is 7.11 Å². The lowest BCUT2D eigenvalue weighted by Crippen LogP contribution is -2.26. The maximum absolute atomic E-state index is 9.22. The van der Waals surface area contributed by atoms with Crippen LogP contribution in [0, 0.1) is 0 Å². The first-order valence-electron chi connectivity index (χ1n) is 5.35. The summed E-state index contributed by atoms with van der Waals surface area (Å²) in [7, 11) is 1.69. The number of rotatable bonds is 7. The van der Waals surface area contributed by atoms with Crippen LogP contribution in [0.2, 0.25) is 0 Å². The van der Waals surface area contributed by atoms with Crippen molar-refractivity contribution in [2.75, 3.05) is 26.9 Å². The fraction of sp³-hybridized carbons (Fsp3) is 0.500. The Hall–Kier alpha value is -1.10. The second kappa shape index (κ2) is 7.22. The minimum absolute atomic E-state index is 0.214. The van der Waals surface area contributed by atoms with E-state index in [0.29, 0.717) is 6.61 Å². The average molecular weight is 225 g/mol. The van der Waals surface area contributed by atoms with Gasteiger partial charge in [0.05, 0.1) is 6.61 Å². The van der Waals surface area contributed by atoms with E-state index in [1.807, 2.05) is 24.3 Å². The third-order valence-corrected chi connectivity index (χ3v) is 2.23. The average Bonchev–Trinajstić information content (AvgIpc) is 2.34. The zero-order valence-corrected chi connectivity index (χ0v) is 9.56. The quantitative estimate of drug-likeness (QED) is 0.712. The van der Waals surface area contributed by atoms with Crippen LogP contribution in [0.3, 0.4) is 0 Å². The van der Waals surface area contributed by atoms with Gasteiger partial charge >= 0.3 is 0 Å². The molecule has 0 heterocycles. The molecule has 0 spiro atoms. The van der Waals surface area contributed by atoms with Crippen molar-refractivity contribution in [1.29, 1.82) is 0 Å². The first-order chi connectivity index (χ1) is 7.76. The topological polar surface area (TPSA) is 64.7 Å². The van der Waals surface area contributed by atoms with Crippen LogP contribution in [0.15, 0.2) is 24.3 Å². The van der Waals surface area contributed by atoms with Gasteiger partial charge in [-0.15, -0.1) is 0 Å². The minimum Gasteiger partial charge on any atom is -0.491 e. The maximum Gasteiger partial charge on any atom is 0.119 e. The first-order valence-corrected chi connectivity index (χ1v) is 5.35. The summed E-state index contributed by atoms with van der Waals surface area (Å²) >= 11 is 0. The van der Waals surface area contributed by atoms with Crippen LogP contribution >= 0.6 is 0 Å². The molecule has 1 aromatic carbocycles. The summed E-state index contributed by atoms with van der Waals surface area (Å²) in [6.07, 6.45) is 0.288. The van der Waals surface area contributed by atoms with Crippen molar-refractivity contribution in [2.45, 2.75) is 12.5 Å². The van der Waals surface area contributed by atoms with E-state index in [9.17, 15) is 5.11 Å². The molecule has 0 aliphatic rings. The van der Waals surface area contributed by atoms with Gasteiger partial charge in [0.2, 0.25) is 0 Å². The molecule has 0 radical (unpaired) electrons. The Labute approximate surface area is 96.0 Å². The summed E-state index contributed by atoms with van der Waals surface area (Å²) in [6.45, 7) is 1.16. The lowest BCUT2D eigenvalue weighted by molar-refractivity contribution is 0.114. The number of nitrogens with two attached hydrogens (primary N) is 1. The number of benzene rings is 1. The largest absolute Gasteiger partial charge is 0.491 e. The van der Waals surface area contributed by atoms with Crippen molar-refractivity contribution in [3.8, 4) is 5.75 Å². The molecule has 0 unspecified atom stereocenters. The third-order valence-electron chi connectivity index (χ3n) is 2.23. The molecule has 1 atom stereocenters. The molecule has 3 N–H and O–H groups in total. The van der Waals surface area contributed by atoms with E-state index >= 15 is 0 Å². The first kappa shape index (κ1) is 13.0. The van der Waals surface area contributed by atoms with Gasteiger partial charge in [0.1, 0.15) is 18.5 Å². The van der Waals surface area contributed by atoms with Gasteiger partial charge in [-0.2, -0.15) is 0 Å². The summed E-state index contributed by atoms with van der Waals surface area (Å²) in [4.78, 5) is 0. The van der Waals surface area contributed by atoms with Gasteiger partial charge in [-0.05, 0) is 24.1 Å². The zero-order chi connectivity index (χ0) is 11.8. The summed E-state index contributed by atoms with van der Waals surface area (Å²) in [5.41, 5.74) is 6.47. The highest BCUT2D eigenvalue weighted by Crippen LogP contribution is 2.12. The second-order valence-corrected chi connectivity index (χ2v) is 3.59. The van der Waals surface area contributed by atoms with E-state index < -0.39 is 6.10 Å². The SMILES string of the molecule is COCCc1ccc(OC[C@H](O)CN)cc1. The lowest BCUT2D eigenvalue weighted by Gasteiger charge is -2.10. The van der Waals surface area contributed by atoms with Crippen molar-refractivity contribution in [1.82, 2.24) is 0 Å². The Kier molecular flexibility index (Phi) is 5.85. The molecule has 0 fully saturated rings. The fourth-order valence-corrected chi connectivity index (χ4v) is 1.23. The van der Waals surface area contributed by atoms with Crippen molar-refractivity contribution < 1.29 is 14.6 Å². The van der Waals surface area contributed by atoms with Gasteiger partial charge in [-0.1, -0.05) is 12.1 Å². The number of ether oxygens (including phenoxy) is 2. The summed E-state index contributed by atoms with van der Waals surface area (Å²) < 4.78 is 10.3. The zero-order valence-electron chi connectivity index (χ0n) is 9.56. The van der Waals surface area contributed by atoms with Crippen molar-refractivity contribution in [3.05, 3.63) is 29.8 Å². The van der Waals surface area contributed by atoms with E-state index in [-0.39, 0.29) is 13.2 Å². The number of methoxy groups -OCH3 is 1. The molecule has 0 saturated carbocycles. The number of hydrogen-bond donors (Lipinski definition) is 2. The maximum atomic E-state index is 9.22. The van der Waals surface area contributed by atoms with Crippen LogP contribution in [0.25, 0.3) is 0 Å². The highest BCUT2D eigenvalue weighted by molar-refractivity contribution is 5.27. The fourth-order valence-electron chi connectivity index (χ4n) is 1.23. The molecule has 4 heteroatoms. The molecule has 0 saturated heterocycles. The third kappa shape index (κ3) is 4.61. The molecule has 0 aromatic heterocycles. The molecule has 0 amide bonds. The molecule has 0 aliphatic heterocycles. The summed E-state index contributed by atoms with van der Waals surface area (Å²) in [6, 6.07) is 7.74. The molecule has 90 valence electrons. The smallest absolute Gasteiger partial charge is 0.119 e. The lowest BCUT2D eigenvalue weighted by atomic mass is 10.1. The molecule has 16 heavy (non-hydrogen) atoms. The molecule has 0 aliphatic carbocycles. The molecule has 1 rings (SSSR count). The normalized spacial score (nSPS) is 12.4. The van der Waals surface area contributed by atoms with Crippen molar-refractivity contribution in [2.24, 2.45) is 5.73 Å². The van der Waals surface area contributed by atoms with E-state index in [4.69, 9.17) is 15.2 Å². The van der Waals surface area contributed by atoms with Gasteiger partial charge in [0.15, 0.2) is 0 Å². The van der Waals surface area contributed by atoms with Gasteiger partial charge < -0.3 is 20.3 Å². The van der Waals surface area contributed by atoms with Gasteiger partial charge in [-0.25, -0.2) is 0 Å². The van der Waals surface area contributed by atoms with E-state index in [0.717, 1.165) is 12.2 Å². The number of hydrogen-bond acceptors (Lipinski definition) is 4. The molecular weight excluding hydrogens is 206 g/mol. The molecule has 0 bridgehead atoms. The van der Waals surface area contributed by atoms with Gasteiger partial charge in [0, 0.05) is 13.7 Å². The number of aliphatic hydroxyl groups excluding tert-OH is 1. The monoisotopic (exact) mass is 225 g/mol. The van der Waals surface area contributed by atoms with Crippen molar-refractivity contribution >= 4 is 0 Å². The van der Waals surface area contributed by atoms with Crippen LogP contribution in [-0.4, -0.2) is 38.1 Å². The summed E-state index contributed by atoms with van der Waals surface area (Å²) in [5.74, 6) is 0.744. The van der Waals surface area contributed by atoms with Crippen LogP contribution in [0.1, 0.15) is 5.56 Å². The van der Waals surface area contributed by atoms with E-state index in [2.05, 4.69) is 0 Å². The van der Waals surface area contributed by atoms with Gasteiger partial charge in [-0.3, -0.25) is 0 Å². The van der Waals surface area contributed by atoms with Crippen LogP contribution in [0.4, 0.5) is 0 Å². The van der Waals surface area contributed by atoms with Crippen molar-refractivity contribution in [3.63, 3.8) is 0 Å². The Morgan fingerprint density at radius 1 is 1.31 bits per heavy atom. The highest BCUT2D eigenvalue weighted by atomic mass is 16.5. The van der Waals surface area contributed by atoms with Crippen LogP contribution in [0.5, 0.6) is 5.75 Å². The standard InChI is InChI=1S/C12H19NO3/c1-15-7-6-10-2-4-12(5-3-10)16-9-11(14)8-13/h2-5,11,14H,6-9,13H2,1H3/t11-/m1/s1. The minimum atomic E-state index is -0.604. The second-order valence-electron chi connectivity index (χ2n) is 3.59. The predicted molar refractivity (Wildman–Crippen MR) is 62.6 cm³/mol. The van der Waals surface area contributed by atoms with Crippen LogP contribution in [-0.2, 0) is 11.2 Å². The van der Waals surface area contributed by atoms with E-state index in [1.165, 1.54) is 5.56 Å². The van der Waals surface area contributed by atoms with Gasteiger partial charge in [0.25, 0.3) is 0 Å². The summed E-state index contributed by atoms with van der Waals surface area (Å²) in [5, 5.41) is 9.22.